The Hall–Kier alpha value is -2.30. The number of H-pyrrole nitrogens is 1. The van der Waals surface area contributed by atoms with Gasteiger partial charge in [-0.05, 0) is 18.6 Å². The van der Waals surface area contributed by atoms with Crippen LogP contribution in [-0.4, -0.2) is 15.9 Å². The molecule has 0 fully saturated rings. The van der Waals surface area contributed by atoms with E-state index in [0.717, 1.165) is 11.3 Å². The van der Waals surface area contributed by atoms with E-state index in [1.165, 1.54) is 0 Å². The van der Waals surface area contributed by atoms with Gasteiger partial charge in [0.15, 0.2) is 0 Å². The van der Waals surface area contributed by atoms with Gasteiger partial charge in [-0.15, -0.1) is 0 Å². The maximum atomic E-state index is 11.9. The number of nitrogens with zero attached hydrogens (tertiary/aromatic N) is 1. The van der Waals surface area contributed by atoms with E-state index in [-0.39, 0.29) is 5.91 Å². The summed E-state index contributed by atoms with van der Waals surface area (Å²) in [6.45, 7) is 2.28. The molecule has 88 valence electrons. The smallest absolute Gasteiger partial charge is 0.253 e. The number of anilines is 1. The fraction of sp³-hybridized carbons (Fsp3) is 0.167. The number of nitrogens with two attached hydrogens (primary N) is 1. The third-order valence-electron chi connectivity index (χ3n) is 2.56. The maximum absolute atomic E-state index is 11.9. The molecule has 0 aliphatic carbocycles. The van der Waals surface area contributed by atoms with Crippen LogP contribution >= 0.6 is 0 Å². The quantitative estimate of drug-likeness (QED) is 0.693. The van der Waals surface area contributed by atoms with Gasteiger partial charge in [0, 0.05) is 11.9 Å². The van der Waals surface area contributed by atoms with Gasteiger partial charge in [-0.2, -0.15) is 0 Å². The Labute approximate surface area is 99.1 Å². The van der Waals surface area contributed by atoms with Crippen LogP contribution in [0.15, 0.2) is 30.7 Å². The summed E-state index contributed by atoms with van der Waals surface area (Å²) >= 11 is 0. The zero-order valence-electron chi connectivity index (χ0n) is 9.53. The monoisotopic (exact) mass is 230 g/mol. The number of aryl methyl sites for hydroxylation is 1. The molecule has 0 bridgehead atoms. The first-order valence-corrected chi connectivity index (χ1v) is 5.29. The summed E-state index contributed by atoms with van der Waals surface area (Å²) in [4.78, 5) is 18.7. The molecule has 0 unspecified atom stereocenters. The van der Waals surface area contributed by atoms with Gasteiger partial charge in [0.2, 0.25) is 0 Å². The SMILES string of the molecule is Cc1cccc(C(=O)NCc2cnc[nH]2)c1N. The number of carbonyl (C=O) groups excluding carboxylic acids is 1. The first-order chi connectivity index (χ1) is 8.18. The number of aromatic amines is 1. The highest BCUT2D eigenvalue weighted by atomic mass is 16.1. The number of aromatic nitrogens is 2. The van der Waals surface area contributed by atoms with Crippen LogP contribution in [0.1, 0.15) is 21.6 Å². The van der Waals surface area contributed by atoms with Crippen molar-refractivity contribution in [3.8, 4) is 0 Å². The summed E-state index contributed by atoms with van der Waals surface area (Å²) in [7, 11) is 0. The van der Waals surface area contributed by atoms with E-state index in [2.05, 4.69) is 15.3 Å². The summed E-state index contributed by atoms with van der Waals surface area (Å²) in [5.41, 5.74) is 8.63. The molecule has 0 spiro atoms. The third kappa shape index (κ3) is 2.44. The molecule has 4 N–H and O–H groups in total. The number of nitrogens with one attached hydrogen (secondary N) is 2. The zero-order valence-corrected chi connectivity index (χ0v) is 9.53. The normalized spacial score (nSPS) is 10.2. The first kappa shape index (κ1) is 11.2. The number of rotatable bonds is 3. The molecule has 0 aliphatic heterocycles. The Bertz CT molecular complexity index is 519. The second-order valence-corrected chi connectivity index (χ2v) is 3.80. The van der Waals surface area contributed by atoms with Gasteiger partial charge in [-0.25, -0.2) is 4.98 Å². The number of nitrogen functional groups attached to an aromatic ring is 1. The number of para-hydroxylation sites is 1. The molecular formula is C12H14N4O. The molecule has 0 radical (unpaired) electrons. The number of amides is 1. The first-order valence-electron chi connectivity index (χ1n) is 5.29. The largest absolute Gasteiger partial charge is 0.398 e. The lowest BCUT2D eigenvalue weighted by Gasteiger charge is -2.08. The molecule has 1 aromatic carbocycles. The van der Waals surface area contributed by atoms with Gasteiger partial charge < -0.3 is 16.0 Å². The van der Waals surface area contributed by atoms with Crippen LogP contribution in [0.5, 0.6) is 0 Å². The number of imidazole rings is 1. The van der Waals surface area contributed by atoms with Crippen molar-refractivity contribution < 1.29 is 4.79 Å². The van der Waals surface area contributed by atoms with Gasteiger partial charge in [-0.3, -0.25) is 4.79 Å². The molecule has 0 saturated heterocycles. The van der Waals surface area contributed by atoms with Crippen molar-refractivity contribution in [2.75, 3.05) is 5.73 Å². The molecule has 1 aromatic heterocycles. The lowest BCUT2D eigenvalue weighted by atomic mass is 10.1. The van der Waals surface area contributed by atoms with Crippen molar-refractivity contribution in [1.82, 2.24) is 15.3 Å². The molecule has 1 heterocycles. The molecule has 0 saturated carbocycles. The highest BCUT2D eigenvalue weighted by Crippen LogP contribution is 2.16. The number of hydrogen-bond donors (Lipinski definition) is 3. The van der Waals surface area contributed by atoms with Crippen LogP contribution in [0.3, 0.4) is 0 Å². The van der Waals surface area contributed by atoms with E-state index >= 15 is 0 Å². The number of carbonyl (C=O) groups is 1. The third-order valence-corrected chi connectivity index (χ3v) is 2.56. The number of hydrogen-bond acceptors (Lipinski definition) is 3. The molecule has 2 rings (SSSR count). The topological polar surface area (TPSA) is 83.8 Å². The maximum Gasteiger partial charge on any atom is 0.253 e. The van der Waals surface area contributed by atoms with E-state index in [9.17, 15) is 4.79 Å². The summed E-state index contributed by atoms with van der Waals surface area (Å²) in [5.74, 6) is -0.180. The van der Waals surface area contributed by atoms with Gasteiger partial charge >= 0.3 is 0 Å². The highest BCUT2D eigenvalue weighted by Gasteiger charge is 2.10. The highest BCUT2D eigenvalue weighted by molar-refractivity contribution is 5.99. The van der Waals surface area contributed by atoms with E-state index in [0.29, 0.717) is 17.8 Å². The summed E-state index contributed by atoms with van der Waals surface area (Å²) < 4.78 is 0. The molecule has 2 aromatic rings. The van der Waals surface area contributed by atoms with Crippen LogP contribution in [0, 0.1) is 6.92 Å². The van der Waals surface area contributed by atoms with Crippen LogP contribution in [0.2, 0.25) is 0 Å². The van der Waals surface area contributed by atoms with Crippen LogP contribution < -0.4 is 11.1 Å². The summed E-state index contributed by atoms with van der Waals surface area (Å²) in [5, 5.41) is 2.78. The van der Waals surface area contributed by atoms with Gasteiger partial charge in [0.05, 0.1) is 24.1 Å². The van der Waals surface area contributed by atoms with E-state index in [1.54, 1.807) is 18.6 Å². The van der Waals surface area contributed by atoms with Crippen molar-refractivity contribution in [2.24, 2.45) is 0 Å². The minimum absolute atomic E-state index is 0.180. The Balaban J connectivity index is 2.07. The molecule has 5 heteroatoms. The van der Waals surface area contributed by atoms with Crippen molar-refractivity contribution in [3.05, 3.63) is 47.5 Å². The van der Waals surface area contributed by atoms with Crippen LogP contribution in [0.25, 0.3) is 0 Å². The zero-order chi connectivity index (χ0) is 12.3. The molecule has 1 amide bonds. The van der Waals surface area contributed by atoms with Gasteiger partial charge in [-0.1, -0.05) is 12.1 Å². The van der Waals surface area contributed by atoms with Gasteiger partial charge in [0.1, 0.15) is 0 Å². The fourth-order valence-corrected chi connectivity index (χ4v) is 1.53. The molecule has 17 heavy (non-hydrogen) atoms. The van der Waals surface area contributed by atoms with Gasteiger partial charge in [0.25, 0.3) is 5.91 Å². The summed E-state index contributed by atoms with van der Waals surface area (Å²) in [6.07, 6.45) is 3.24. The summed E-state index contributed by atoms with van der Waals surface area (Å²) in [6, 6.07) is 5.41. The standard InChI is InChI=1S/C12H14N4O/c1-8-3-2-4-10(11(8)13)12(17)15-6-9-5-14-7-16-9/h2-5,7H,6,13H2,1H3,(H,14,16)(H,15,17). The molecule has 5 nitrogen and oxygen atoms in total. The molecule has 0 aliphatic rings. The van der Waals surface area contributed by atoms with E-state index in [4.69, 9.17) is 5.73 Å². The lowest BCUT2D eigenvalue weighted by molar-refractivity contribution is 0.0951. The predicted octanol–water partition coefficient (Wildman–Crippen LogP) is 1.23. The van der Waals surface area contributed by atoms with Crippen molar-refractivity contribution in [3.63, 3.8) is 0 Å². The van der Waals surface area contributed by atoms with Crippen LogP contribution in [-0.2, 0) is 6.54 Å². The fourth-order valence-electron chi connectivity index (χ4n) is 1.53. The average molecular weight is 230 g/mol. The molecule has 0 atom stereocenters. The van der Waals surface area contributed by atoms with Crippen LogP contribution in [0.4, 0.5) is 5.69 Å². The van der Waals surface area contributed by atoms with E-state index in [1.807, 2.05) is 19.1 Å². The van der Waals surface area contributed by atoms with Crippen molar-refractivity contribution in [2.45, 2.75) is 13.5 Å². The van der Waals surface area contributed by atoms with E-state index < -0.39 is 0 Å². The van der Waals surface area contributed by atoms with Crippen molar-refractivity contribution >= 4 is 11.6 Å². The Morgan fingerprint density at radius 2 is 2.35 bits per heavy atom. The Morgan fingerprint density at radius 3 is 3.06 bits per heavy atom. The lowest BCUT2D eigenvalue weighted by Crippen LogP contribution is -2.24. The minimum atomic E-state index is -0.180. The Kier molecular flexibility index (Phi) is 3.09. The second kappa shape index (κ2) is 4.69. The second-order valence-electron chi connectivity index (χ2n) is 3.80. The molecular weight excluding hydrogens is 216 g/mol. The average Bonchev–Trinajstić information content (AvgIpc) is 2.82. The number of benzene rings is 1. The minimum Gasteiger partial charge on any atom is -0.398 e. The van der Waals surface area contributed by atoms with Crippen molar-refractivity contribution in [1.29, 1.82) is 0 Å². The Morgan fingerprint density at radius 1 is 1.53 bits per heavy atom. The predicted molar refractivity (Wildman–Crippen MR) is 65.3 cm³/mol.